The van der Waals surface area contributed by atoms with Gasteiger partial charge in [0.1, 0.15) is 0 Å². The number of aryl methyl sites for hydroxylation is 1. The molecule has 8 rings (SSSR count). The molecule has 1 aromatic heterocycles. The molecule has 1 N–H and O–H groups in total. The van der Waals surface area contributed by atoms with Crippen molar-refractivity contribution in [2.45, 2.75) is 13.2 Å². The molecule has 43 heavy (non-hydrogen) atoms. The van der Waals surface area contributed by atoms with E-state index in [1.165, 1.54) is 16.0 Å². The molecule has 4 nitrogen and oxygen atoms in total. The first kappa shape index (κ1) is 25.3. The van der Waals surface area contributed by atoms with Crippen molar-refractivity contribution in [1.29, 1.82) is 0 Å². The lowest BCUT2D eigenvalue weighted by Crippen LogP contribution is -2.27. The lowest BCUT2D eigenvalue weighted by atomic mass is 9.99. The minimum Gasteiger partial charge on any atom is -0.369 e. The zero-order chi connectivity index (χ0) is 29.1. The Bertz CT molecular complexity index is 2200. The van der Waals surface area contributed by atoms with Crippen LogP contribution in [0, 0.1) is 6.92 Å². The van der Waals surface area contributed by atoms with Gasteiger partial charge < -0.3 is 9.67 Å². The number of benzene rings is 6. The van der Waals surface area contributed by atoms with E-state index in [1.54, 1.807) is 0 Å². The molecule has 1 aliphatic heterocycles. The van der Waals surface area contributed by atoms with Gasteiger partial charge in [-0.1, -0.05) is 109 Å². The van der Waals surface area contributed by atoms with Gasteiger partial charge in [-0.3, -0.25) is 9.69 Å². The molecule has 0 saturated carbocycles. The molecule has 1 unspecified atom stereocenters. The first-order valence-corrected chi connectivity index (χ1v) is 14.5. The van der Waals surface area contributed by atoms with Gasteiger partial charge in [-0.15, -0.1) is 0 Å². The highest BCUT2D eigenvalue weighted by atomic mass is 16.3. The zero-order valence-electron chi connectivity index (χ0n) is 23.6. The average Bonchev–Trinajstić information content (AvgIpc) is 3.52. The molecule has 6 aromatic carbocycles. The number of aliphatic hydroxyl groups excluding tert-OH is 1. The average molecular weight is 557 g/mol. The predicted molar refractivity (Wildman–Crippen MR) is 175 cm³/mol. The van der Waals surface area contributed by atoms with Crippen molar-refractivity contribution in [3.63, 3.8) is 0 Å². The van der Waals surface area contributed by atoms with E-state index >= 15 is 0 Å². The van der Waals surface area contributed by atoms with E-state index in [-0.39, 0.29) is 5.91 Å². The first-order valence-electron chi connectivity index (χ1n) is 14.5. The Morgan fingerprint density at radius 1 is 0.605 bits per heavy atom. The molecule has 0 aliphatic carbocycles. The van der Waals surface area contributed by atoms with Crippen LogP contribution >= 0.6 is 0 Å². The maximum absolute atomic E-state index is 14.3. The van der Waals surface area contributed by atoms with Gasteiger partial charge in [0.15, 0.2) is 6.23 Å². The topological polar surface area (TPSA) is 45.5 Å². The van der Waals surface area contributed by atoms with Gasteiger partial charge in [-0.2, -0.15) is 0 Å². The second kappa shape index (κ2) is 9.83. The summed E-state index contributed by atoms with van der Waals surface area (Å²) in [6, 6.07) is 46.9. The van der Waals surface area contributed by atoms with Crippen molar-refractivity contribution in [2.75, 3.05) is 4.90 Å². The number of para-hydroxylation sites is 1. The van der Waals surface area contributed by atoms with Crippen molar-refractivity contribution in [3.05, 3.63) is 156 Å². The summed E-state index contributed by atoms with van der Waals surface area (Å²) in [5, 5.41) is 13.8. The fraction of sp³-hybridized carbons (Fsp3) is 0.0513. The molecule has 1 aliphatic rings. The number of hydrogen-bond acceptors (Lipinski definition) is 2. The molecule has 4 heteroatoms. The smallest absolute Gasteiger partial charge is 0.263 e. The molecule has 2 heterocycles. The van der Waals surface area contributed by atoms with E-state index in [0.29, 0.717) is 16.8 Å². The zero-order valence-corrected chi connectivity index (χ0v) is 23.6. The van der Waals surface area contributed by atoms with Crippen LogP contribution in [0.15, 0.2) is 140 Å². The van der Waals surface area contributed by atoms with E-state index in [9.17, 15) is 9.90 Å². The third kappa shape index (κ3) is 3.92. The quantitative estimate of drug-likeness (QED) is 0.235. The molecule has 1 atom stereocenters. The summed E-state index contributed by atoms with van der Waals surface area (Å²) in [5.74, 6) is -0.218. The number of aliphatic hydroxyl groups is 1. The van der Waals surface area contributed by atoms with Gasteiger partial charge in [0.05, 0.1) is 22.3 Å². The highest BCUT2D eigenvalue weighted by Crippen LogP contribution is 2.42. The molecule has 0 spiro atoms. The van der Waals surface area contributed by atoms with Crippen molar-refractivity contribution < 1.29 is 9.90 Å². The standard InChI is InChI=1S/C39H28N2O2/c1-25-11-5-6-16-30(25)28-21-22-32-31-17-7-8-19-34(31)41(36(32)24-28)35-20-10-18-33-37(35)39(43)40(38(33)42)29-15-9-14-27(23-29)26-12-3-2-4-13-26/h2-24,38,42H,1H3. The van der Waals surface area contributed by atoms with Gasteiger partial charge in [0.2, 0.25) is 0 Å². The summed E-state index contributed by atoms with van der Waals surface area (Å²) in [7, 11) is 0. The van der Waals surface area contributed by atoms with Gasteiger partial charge in [-0.25, -0.2) is 0 Å². The normalized spacial score (nSPS) is 14.5. The Kier molecular flexibility index (Phi) is 5.78. The molecule has 206 valence electrons. The van der Waals surface area contributed by atoms with Gasteiger partial charge in [-0.05, 0) is 65.1 Å². The van der Waals surface area contributed by atoms with Crippen LogP contribution in [0.2, 0.25) is 0 Å². The van der Waals surface area contributed by atoms with E-state index in [1.807, 2.05) is 84.9 Å². The van der Waals surface area contributed by atoms with Gasteiger partial charge >= 0.3 is 0 Å². The number of aromatic nitrogens is 1. The summed E-state index contributed by atoms with van der Waals surface area (Å²) >= 11 is 0. The number of carbonyl (C=O) groups excluding carboxylic acids is 1. The third-order valence-corrected chi connectivity index (χ3v) is 8.63. The third-order valence-electron chi connectivity index (χ3n) is 8.63. The molecule has 7 aromatic rings. The number of rotatable bonds is 4. The number of fused-ring (bicyclic) bond motifs is 4. The number of nitrogens with zero attached hydrogens (tertiary/aromatic N) is 2. The van der Waals surface area contributed by atoms with E-state index < -0.39 is 6.23 Å². The van der Waals surface area contributed by atoms with Crippen molar-refractivity contribution in [3.8, 4) is 27.9 Å². The molecular formula is C39H28N2O2. The van der Waals surface area contributed by atoms with Crippen LogP contribution in [0.25, 0.3) is 49.7 Å². The predicted octanol–water partition coefficient (Wildman–Crippen LogP) is 9.08. The summed E-state index contributed by atoms with van der Waals surface area (Å²) in [5.41, 5.74) is 10.1. The molecule has 0 saturated heterocycles. The van der Waals surface area contributed by atoms with E-state index in [2.05, 4.69) is 66.1 Å². The molecule has 1 amide bonds. The van der Waals surface area contributed by atoms with Crippen LogP contribution < -0.4 is 4.90 Å². The van der Waals surface area contributed by atoms with Gasteiger partial charge in [0, 0.05) is 22.0 Å². The number of carbonyl (C=O) groups is 1. The minimum atomic E-state index is -1.09. The van der Waals surface area contributed by atoms with Crippen molar-refractivity contribution >= 4 is 33.4 Å². The summed E-state index contributed by atoms with van der Waals surface area (Å²) in [6.07, 6.45) is -1.09. The molecular weight excluding hydrogens is 528 g/mol. The van der Waals surface area contributed by atoms with E-state index in [0.717, 1.165) is 44.2 Å². The molecule has 0 radical (unpaired) electrons. The van der Waals surface area contributed by atoms with Crippen LogP contribution in [0.3, 0.4) is 0 Å². The van der Waals surface area contributed by atoms with E-state index in [4.69, 9.17) is 0 Å². The summed E-state index contributed by atoms with van der Waals surface area (Å²) < 4.78 is 2.18. The van der Waals surface area contributed by atoms with Crippen molar-refractivity contribution in [2.24, 2.45) is 0 Å². The molecule has 0 bridgehead atoms. The van der Waals surface area contributed by atoms with Crippen LogP contribution in [-0.4, -0.2) is 15.6 Å². The second-order valence-electron chi connectivity index (χ2n) is 11.1. The minimum absolute atomic E-state index is 0.218. The lowest BCUT2D eigenvalue weighted by Gasteiger charge is -2.21. The highest BCUT2D eigenvalue weighted by molar-refractivity contribution is 6.16. The fourth-order valence-corrected chi connectivity index (χ4v) is 6.58. The summed E-state index contributed by atoms with van der Waals surface area (Å²) in [6.45, 7) is 2.13. The molecule has 0 fully saturated rings. The highest BCUT2D eigenvalue weighted by Gasteiger charge is 2.39. The monoisotopic (exact) mass is 556 g/mol. The maximum atomic E-state index is 14.3. The first-order chi connectivity index (χ1) is 21.1. The Balaban J connectivity index is 1.32. The second-order valence-corrected chi connectivity index (χ2v) is 11.1. The van der Waals surface area contributed by atoms with Crippen LogP contribution in [0.5, 0.6) is 0 Å². The Morgan fingerprint density at radius 3 is 2.19 bits per heavy atom. The Hall–Kier alpha value is -5.45. The lowest BCUT2D eigenvalue weighted by molar-refractivity contribution is 0.0935. The van der Waals surface area contributed by atoms with Crippen LogP contribution in [0.1, 0.15) is 27.7 Å². The number of anilines is 1. The van der Waals surface area contributed by atoms with Crippen LogP contribution in [-0.2, 0) is 0 Å². The van der Waals surface area contributed by atoms with Gasteiger partial charge in [0.25, 0.3) is 5.91 Å². The van der Waals surface area contributed by atoms with Crippen LogP contribution in [0.4, 0.5) is 5.69 Å². The maximum Gasteiger partial charge on any atom is 0.263 e. The Labute approximate surface area is 249 Å². The van der Waals surface area contributed by atoms with Crippen molar-refractivity contribution in [1.82, 2.24) is 4.57 Å². The SMILES string of the molecule is Cc1ccccc1-c1ccc2c3ccccc3n(-c3cccc4c3C(=O)N(c3cccc(-c5ccccc5)c3)C4O)c2c1. The number of hydrogen-bond donors (Lipinski definition) is 1. The fourth-order valence-electron chi connectivity index (χ4n) is 6.58. The number of amides is 1. The largest absolute Gasteiger partial charge is 0.369 e. The Morgan fingerprint density at radius 2 is 1.33 bits per heavy atom. The summed E-state index contributed by atoms with van der Waals surface area (Å²) in [4.78, 5) is 15.8.